The van der Waals surface area contributed by atoms with Crippen LogP contribution < -0.4 is 11.0 Å². The lowest BCUT2D eigenvalue weighted by Crippen LogP contribution is -2.30. The fourth-order valence-electron chi connectivity index (χ4n) is 3.57. The number of nitrogens with one attached hydrogen (secondary N) is 1. The molecule has 0 spiro atoms. The number of hydrogen-bond acceptors (Lipinski definition) is 4. The van der Waals surface area contributed by atoms with E-state index in [0.29, 0.717) is 29.2 Å². The van der Waals surface area contributed by atoms with Crippen molar-refractivity contribution in [2.75, 3.05) is 0 Å². The molecular weight excluding hydrogens is 388 g/mol. The highest BCUT2D eigenvalue weighted by Gasteiger charge is 2.17. The normalized spacial score (nSPS) is 11.2. The van der Waals surface area contributed by atoms with E-state index in [2.05, 4.69) is 43.3 Å². The molecule has 0 atom stereocenters. The van der Waals surface area contributed by atoms with Crippen LogP contribution in [0, 0.1) is 11.8 Å². The topological polar surface area (TPSA) is 76.3 Å². The van der Waals surface area contributed by atoms with Crippen LogP contribution >= 0.6 is 0 Å². The summed E-state index contributed by atoms with van der Waals surface area (Å²) < 4.78 is 1.35. The molecule has 0 saturated carbocycles. The summed E-state index contributed by atoms with van der Waals surface area (Å²) in [4.78, 5) is 26.0. The van der Waals surface area contributed by atoms with Gasteiger partial charge in [-0.05, 0) is 36.3 Å². The van der Waals surface area contributed by atoms with Crippen molar-refractivity contribution in [3.05, 3.63) is 76.2 Å². The van der Waals surface area contributed by atoms with Gasteiger partial charge in [0.05, 0.1) is 11.9 Å². The molecule has 1 aromatic heterocycles. The van der Waals surface area contributed by atoms with Crippen molar-refractivity contribution in [3.63, 3.8) is 0 Å². The van der Waals surface area contributed by atoms with Crippen LogP contribution in [0.2, 0.25) is 0 Å². The summed E-state index contributed by atoms with van der Waals surface area (Å²) in [5.41, 5.74) is 4.56. The molecule has 162 valence electrons. The number of aromatic nitrogens is 2. The second-order valence-corrected chi connectivity index (χ2v) is 8.66. The Morgan fingerprint density at radius 2 is 1.52 bits per heavy atom. The minimum Gasteiger partial charge on any atom is -0.267 e. The molecule has 0 radical (unpaired) electrons. The third-order valence-electron chi connectivity index (χ3n) is 4.86. The summed E-state index contributed by atoms with van der Waals surface area (Å²) in [6.07, 6.45) is 1.64. The number of carbonyl (C=O) groups excluding carboxylic acids is 1. The average Bonchev–Trinajstić information content (AvgIpc) is 2.74. The number of hydrogen-bond donors (Lipinski definition) is 1. The molecule has 0 bridgehead atoms. The molecule has 0 aliphatic carbocycles. The smallest absolute Gasteiger partial charge is 0.267 e. The average molecular weight is 419 g/mol. The Kier molecular flexibility index (Phi) is 7.34. The molecular formula is C25H30N4O2. The molecule has 1 N–H and O–H groups in total. The van der Waals surface area contributed by atoms with Crippen molar-refractivity contribution in [2.24, 2.45) is 16.9 Å². The molecule has 1 amide bonds. The predicted octanol–water partition coefficient (Wildman–Crippen LogP) is 4.62. The minimum absolute atomic E-state index is 0.198. The van der Waals surface area contributed by atoms with Gasteiger partial charge in [0.2, 0.25) is 0 Å². The summed E-state index contributed by atoms with van der Waals surface area (Å²) in [7, 11) is 0. The standard InChI is InChI=1S/C25H30N4O2/c1-17(2)14-20(15-18(3)4)26-27-24(30)23-21-12-8-9-13-22(21)25(31)29(28-23)16-19-10-6-5-7-11-19/h5-13,17-18H,14-16H2,1-4H3,(H,27,30). The van der Waals surface area contributed by atoms with Gasteiger partial charge in [0.1, 0.15) is 0 Å². The van der Waals surface area contributed by atoms with Crippen LogP contribution in [0.1, 0.15) is 56.6 Å². The van der Waals surface area contributed by atoms with E-state index in [1.165, 1.54) is 4.68 Å². The first-order valence-electron chi connectivity index (χ1n) is 10.7. The fourth-order valence-corrected chi connectivity index (χ4v) is 3.57. The molecule has 2 aromatic carbocycles. The van der Waals surface area contributed by atoms with Crippen LogP contribution in [0.4, 0.5) is 0 Å². The summed E-state index contributed by atoms with van der Waals surface area (Å²) in [5, 5.41) is 9.82. The zero-order valence-corrected chi connectivity index (χ0v) is 18.6. The van der Waals surface area contributed by atoms with Gasteiger partial charge in [-0.2, -0.15) is 10.2 Å². The van der Waals surface area contributed by atoms with Crippen LogP contribution in [0.25, 0.3) is 10.8 Å². The van der Waals surface area contributed by atoms with Gasteiger partial charge in [0.25, 0.3) is 11.5 Å². The molecule has 1 heterocycles. The number of carbonyl (C=O) groups is 1. The first kappa shape index (κ1) is 22.4. The maximum atomic E-state index is 13.1. The number of rotatable bonds is 8. The number of nitrogens with zero attached hydrogens (tertiary/aromatic N) is 3. The third kappa shape index (κ3) is 5.87. The van der Waals surface area contributed by atoms with Crippen molar-refractivity contribution >= 4 is 22.4 Å². The molecule has 0 fully saturated rings. The van der Waals surface area contributed by atoms with Gasteiger partial charge in [-0.3, -0.25) is 9.59 Å². The lowest BCUT2D eigenvalue weighted by atomic mass is 9.99. The Labute approximate surface area is 183 Å². The van der Waals surface area contributed by atoms with Gasteiger partial charge < -0.3 is 0 Å². The molecule has 0 saturated heterocycles. The van der Waals surface area contributed by atoms with Crippen molar-refractivity contribution in [1.29, 1.82) is 0 Å². The second kappa shape index (κ2) is 10.2. The third-order valence-corrected chi connectivity index (χ3v) is 4.86. The first-order chi connectivity index (χ1) is 14.8. The second-order valence-electron chi connectivity index (χ2n) is 8.66. The molecule has 0 aliphatic heterocycles. The summed E-state index contributed by atoms with van der Waals surface area (Å²) in [5.74, 6) is 0.477. The molecule has 3 rings (SSSR count). The summed E-state index contributed by atoms with van der Waals surface area (Å²) >= 11 is 0. The highest BCUT2D eigenvalue weighted by Crippen LogP contribution is 2.15. The fraction of sp³-hybridized carbons (Fsp3) is 0.360. The SMILES string of the molecule is CC(C)CC(CC(C)C)=NNC(=O)c1nn(Cc2ccccc2)c(=O)c2ccccc12. The van der Waals surface area contributed by atoms with Crippen molar-refractivity contribution in [2.45, 2.75) is 47.1 Å². The molecule has 31 heavy (non-hydrogen) atoms. The van der Waals surface area contributed by atoms with Gasteiger partial charge in [0.15, 0.2) is 5.69 Å². The zero-order valence-electron chi connectivity index (χ0n) is 18.6. The molecule has 6 heteroatoms. The minimum atomic E-state index is -0.414. The lowest BCUT2D eigenvalue weighted by Gasteiger charge is -2.13. The van der Waals surface area contributed by atoms with Gasteiger partial charge in [-0.25, -0.2) is 10.1 Å². The van der Waals surface area contributed by atoms with E-state index >= 15 is 0 Å². The number of amides is 1. The highest BCUT2D eigenvalue weighted by atomic mass is 16.2. The Hall–Kier alpha value is -3.28. The van der Waals surface area contributed by atoms with Gasteiger partial charge in [0, 0.05) is 11.1 Å². The van der Waals surface area contributed by atoms with Crippen LogP contribution in [-0.2, 0) is 6.54 Å². The van der Waals surface area contributed by atoms with Crippen LogP contribution in [0.5, 0.6) is 0 Å². The Morgan fingerprint density at radius 3 is 2.13 bits per heavy atom. The molecule has 0 unspecified atom stereocenters. The lowest BCUT2D eigenvalue weighted by molar-refractivity contribution is 0.0949. The van der Waals surface area contributed by atoms with Gasteiger partial charge >= 0.3 is 0 Å². The zero-order chi connectivity index (χ0) is 22.4. The van der Waals surface area contributed by atoms with Crippen LogP contribution in [-0.4, -0.2) is 21.4 Å². The van der Waals surface area contributed by atoms with Crippen molar-refractivity contribution in [1.82, 2.24) is 15.2 Å². The summed E-state index contributed by atoms with van der Waals surface area (Å²) in [6, 6.07) is 16.7. The molecule has 0 aliphatic rings. The largest absolute Gasteiger partial charge is 0.292 e. The van der Waals surface area contributed by atoms with E-state index in [4.69, 9.17) is 0 Å². The van der Waals surface area contributed by atoms with E-state index in [0.717, 1.165) is 24.1 Å². The van der Waals surface area contributed by atoms with E-state index in [9.17, 15) is 9.59 Å². The highest BCUT2D eigenvalue weighted by molar-refractivity contribution is 6.05. The van der Waals surface area contributed by atoms with Crippen LogP contribution in [0.15, 0.2) is 64.5 Å². The van der Waals surface area contributed by atoms with Crippen molar-refractivity contribution in [3.8, 4) is 0 Å². The van der Waals surface area contributed by atoms with E-state index in [-0.39, 0.29) is 11.3 Å². The van der Waals surface area contributed by atoms with Crippen LogP contribution in [0.3, 0.4) is 0 Å². The molecule has 3 aromatic rings. The Bertz CT molecular complexity index is 1120. The Balaban J connectivity index is 1.98. The van der Waals surface area contributed by atoms with E-state index in [1.807, 2.05) is 30.3 Å². The molecule has 6 nitrogen and oxygen atoms in total. The number of benzene rings is 2. The van der Waals surface area contributed by atoms with E-state index < -0.39 is 5.91 Å². The quantitative estimate of drug-likeness (QED) is 0.428. The maximum Gasteiger partial charge on any atom is 0.292 e. The van der Waals surface area contributed by atoms with Gasteiger partial charge in [-0.15, -0.1) is 0 Å². The first-order valence-corrected chi connectivity index (χ1v) is 10.7. The maximum absolute atomic E-state index is 13.1. The van der Waals surface area contributed by atoms with Gasteiger partial charge in [-0.1, -0.05) is 76.2 Å². The summed E-state index contributed by atoms with van der Waals surface area (Å²) in [6.45, 7) is 8.82. The number of fused-ring (bicyclic) bond motifs is 1. The monoisotopic (exact) mass is 418 g/mol. The number of hydrazone groups is 1. The van der Waals surface area contributed by atoms with E-state index in [1.54, 1.807) is 24.3 Å². The van der Waals surface area contributed by atoms with Crippen molar-refractivity contribution < 1.29 is 4.79 Å². The predicted molar refractivity (Wildman–Crippen MR) is 125 cm³/mol. The Morgan fingerprint density at radius 1 is 0.935 bits per heavy atom.